The van der Waals surface area contributed by atoms with Crippen LogP contribution in [-0.2, 0) is 10.0 Å². The third kappa shape index (κ3) is 3.45. The van der Waals surface area contributed by atoms with Gasteiger partial charge in [0.1, 0.15) is 0 Å². The lowest BCUT2D eigenvalue weighted by molar-refractivity contribution is 0.447. The van der Waals surface area contributed by atoms with Crippen LogP contribution in [0.15, 0.2) is 51.3 Å². The highest BCUT2D eigenvalue weighted by Gasteiger charge is 2.16. The van der Waals surface area contributed by atoms with E-state index in [4.69, 9.17) is 16.0 Å². The van der Waals surface area contributed by atoms with E-state index in [1.807, 2.05) is 0 Å². The van der Waals surface area contributed by atoms with E-state index in [0.29, 0.717) is 5.70 Å². The van der Waals surface area contributed by atoms with E-state index in [9.17, 15) is 8.42 Å². The first-order chi connectivity index (χ1) is 6.92. The molecule has 82 valence electrons. The summed E-state index contributed by atoms with van der Waals surface area (Å²) in [5.74, 6) is 0. The fourth-order valence-corrected chi connectivity index (χ4v) is 2.13. The number of halogens is 1. The summed E-state index contributed by atoms with van der Waals surface area (Å²) in [7, 11) is -3.65. The SMILES string of the molecule is C=C(Cl)C=C(C)NS(=O)(=O)c1ccco1. The fraction of sp³-hybridized carbons (Fsp3) is 0.111. The van der Waals surface area contributed by atoms with E-state index in [0.717, 1.165) is 0 Å². The van der Waals surface area contributed by atoms with Gasteiger partial charge in [0.05, 0.1) is 6.26 Å². The van der Waals surface area contributed by atoms with Crippen LogP contribution in [0.25, 0.3) is 0 Å². The van der Waals surface area contributed by atoms with E-state index in [1.165, 1.54) is 24.5 Å². The van der Waals surface area contributed by atoms with Gasteiger partial charge in [0, 0.05) is 10.7 Å². The summed E-state index contributed by atoms with van der Waals surface area (Å²) in [4.78, 5) is 0. The summed E-state index contributed by atoms with van der Waals surface area (Å²) in [5.41, 5.74) is 0.367. The molecule has 0 aliphatic rings. The maximum Gasteiger partial charge on any atom is 0.295 e. The van der Waals surface area contributed by atoms with Gasteiger partial charge in [-0.1, -0.05) is 18.2 Å². The van der Waals surface area contributed by atoms with Crippen molar-refractivity contribution in [2.75, 3.05) is 0 Å². The van der Waals surface area contributed by atoms with Gasteiger partial charge in [-0.25, -0.2) is 0 Å². The van der Waals surface area contributed by atoms with Crippen LogP contribution >= 0.6 is 11.6 Å². The molecule has 0 aliphatic heterocycles. The lowest BCUT2D eigenvalue weighted by Crippen LogP contribution is -2.21. The Morgan fingerprint density at radius 1 is 1.67 bits per heavy atom. The van der Waals surface area contributed by atoms with Crippen molar-refractivity contribution in [2.24, 2.45) is 0 Å². The molecule has 0 spiro atoms. The molecule has 0 bridgehead atoms. The smallest absolute Gasteiger partial charge is 0.295 e. The van der Waals surface area contributed by atoms with E-state index in [1.54, 1.807) is 6.92 Å². The number of furan rings is 1. The minimum Gasteiger partial charge on any atom is -0.451 e. The Kier molecular flexibility index (Phi) is 3.60. The standard InChI is InChI=1S/C9H10ClNO3S/c1-7(10)6-8(2)11-15(12,13)9-4-3-5-14-9/h3-6,11H,1H2,2H3. The molecule has 0 saturated carbocycles. The van der Waals surface area contributed by atoms with Gasteiger partial charge in [0.2, 0.25) is 5.09 Å². The number of allylic oxidation sites excluding steroid dienone is 3. The van der Waals surface area contributed by atoms with Crippen molar-refractivity contribution in [3.05, 3.63) is 41.8 Å². The topological polar surface area (TPSA) is 59.3 Å². The molecule has 1 heterocycles. The van der Waals surface area contributed by atoms with Gasteiger partial charge in [-0.2, -0.15) is 8.42 Å². The number of hydrogen-bond acceptors (Lipinski definition) is 3. The lowest BCUT2D eigenvalue weighted by Gasteiger charge is -2.04. The second kappa shape index (κ2) is 4.55. The van der Waals surface area contributed by atoms with Crippen LogP contribution in [0.5, 0.6) is 0 Å². The second-order valence-electron chi connectivity index (χ2n) is 2.81. The molecule has 1 N–H and O–H groups in total. The minimum absolute atomic E-state index is 0.143. The van der Waals surface area contributed by atoms with Crippen molar-refractivity contribution in [3.63, 3.8) is 0 Å². The van der Waals surface area contributed by atoms with Crippen LogP contribution in [0.4, 0.5) is 0 Å². The zero-order chi connectivity index (χ0) is 11.5. The fourth-order valence-electron chi connectivity index (χ4n) is 0.943. The van der Waals surface area contributed by atoms with Crippen molar-refractivity contribution < 1.29 is 12.8 Å². The minimum atomic E-state index is -3.65. The number of rotatable bonds is 4. The predicted octanol–water partition coefficient (Wildman–Crippen LogP) is 2.21. The zero-order valence-electron chi connectivity index (χ0n) is 8.03. The summed E-state index contributed by atoms with van der Waals surface area (Å²) in [6.45, 7) is 4.98. The zero-order valence-corrected chi connectivity index (χ0v) is 9.60. The molecular weight excluding hydrogens is 238 g/mol. The van der Waals surface area contributed by atoms with Crippen LogP contribution in [0.2, 0.25) is 0 Å². The van der Waals surface area contributed by atoms with E-state index in [-0.39, 0.29) is 10.1 Å². The summed E-state index contributed by atoms with van der Waals surface area (Å²) in [5, 5.41) is 0.102. The first-order valence-electron chi connectivity index (χ1n) is 4.01. The second-order valence-corrected chi connectivity index (χ2v) is 4.91. The number of sulfonamides is 1. The third-order valence-corrected chi connectivity index (χ3v) is 2.89. The molecule has 1 rings (SSSR count). The molecule has 0 unspecified atom stereocenters. The van der Waals surface area contributed by atoms with Gasteiger partial charge in [0.15, 0.2) is 0 Å². The van der Waals surface area contributed by atoms with Crippen molar-refractivity contribution in [1.82, 2.24) is 4.72 Å². The highest BCUT2D eigenvalue weighted by molar-refractivity contribution is 7.89. The molecule has 0 aliphatic carbocycles. The van der Waals surface area contributed by atoms with Gasteiger partial charge in [-0.15, -0.1) is 0 Å². The molecule has 1 aromatic rings. The quantitative estimate of drug-likeness (QED) is 0.830. The average Bonchev–Trinajstić information content (AvgIpc) is 2.51. The monoisotopic (exact) mass is 247 g/mol. The summed E-state index contributed by atoms with van der Waals surface area (Å²) < 4.78 is 30.2. The van der Waals surface area contributed by atoms with Gasteiger partial charge < -0.3 is 4.42 Å². The molecule has 0 atom stereocenters. The Labute approximate surface area is 93.3 Å². The average molecular weight is 248 g/mol. The Hall–Kier alpha value is -1.20. The van der Waals surface area contributed by atoms with E-state index < -0.39 is 10.0 Å². The first-order valence-corrected chi connectivity index (χ1v) is 5.87. The van der Waals surface area contributed by atoms with Gasteiger partial charge >= 0.3 is 0 Å². The normalized spacial score (nSPS) is 12.5. The van der Waals surface area contributed by atoms with Crippen LogP contribution in [0.3, 0.4) is 0 Å². The Bertz CT molecular complexity index is 473. The first kappa shape index (κ1) is 11.9. The highest BCUT2D eigenvalue weighted by atomic mass is 35.5. The van der Waals surface area contributed by atoms with Gasteiger partial charge in [0.25, 0.3) is 10.0 Å². The van der Waals surface area contributed by atoms with Crippen molar-refractivity contribution in [2.45, 2.75) is 12.0 Å². The van der Waals surface area contributed by atoms with Crippen LogP contribution < -0.4 is 4.72 Å². The molecule has 0 aromatic carbocycles. The number of nitrogens with one attached hydrogen (secondary N) is 1. The maximum atomic E-state index is 11.6. The van der Waals surface area contributed by atoms with E-state index >= 15 is 0 Å². The highest BCUT2D eigenvalue weighted by Crippen LogP contribution is 2.11. The van der Waals surface area contributed by atoms with Crippen LogP contribution in [-0.4, -0.2) is 8.42 Å². The molecule has 0 fully saturated rings. The summed E-state index contributed by atoms with van der Waals surface area (Å²) in [6, 6.07) is 2.85. The molecule has 1 aromatic heterocycles. The lowest BCUT2D eigenvalue weighted by atomic mass is 10.4. The third-order valence-electron chi connectivity index (χ3n) is 1.43. The maximum absolute atomic E-state index is 11.6. The molecule has 6 heteroatoms. The molecule has 0 amide bonds. The summed E-state index contributed by atoms with van der Waals surface area (Å²) in [6.07, 6.45) is 2.69. The largest absolute Gasteiger partial charge is 0.451 e. The Morgan fingerprint density at radius 3 is 2.80 bits per heavy atom. The molecule has 4 nitrogen and oxygen atoms in total. The Balaban J connectivity index is 2.88. The summed E-state index contributed by atoms with van der Waals surface area (Å²) >= 11 is 5.50. The van der Waals surface area contributed by atoms with Crippen LogP contribution in [0.1, 0.15) is 6.92 Å². The molecule has 0 radical (unpaired) electrons. The molecular formula is C9H10ClNO3S. The van der Waals surface area contributed by atoms with Crippen molar-refractivity contribution in [1.29, 1.82) is 0 Å². The van der Waals surface area contributed by atoms with Gasteiger partial charge in [-0.3, -0.25) is 4.72 Å². The van der Waals surface area contributed by atoms with Crippen molar-refractivity contribution >= 4 is 21.6 Å². The number of hydrogen-bond donors (Lipinski definition) is 1. The molecule has 15 heavy (non-hydrogen) atoms. The molecule has 0 saturated heterocycles. The van der Waals surface area contributed by atoms with Crippen molar-refractivity contribution in [3.8, 4) is 0 Å². The Morgan fingerprint density at radius 2 is 2.33 bits per heavy atom. The van der Waals surface area contributed by atoms with Crippen LogP contribution in [0, 0.1) is 0 Å². The van der Waals surface area contributed by atoms with Gasteiger partial charge in [-0.05, 0) is 25.1 Å². The van der Waals surface area contributed by atoms with E-state index in [2.05, 4.69) is 11.3 Å². The predicted molar refractivity (Wildman–Crippen MR) is 57.8 cm³/mol.